The minimum absolute atomic E-state index is 0. The molecule has 0 radical (unpaired) electrons. The van der Waals surface area contributed by atoms with Crippen LogP contribution in [0.1, 0.15) is 25.0 Å². The molecule has 0 saturated carbocycles. The lowest BCUT2D eigenvalue weighted by atomic mass is 10.2. The Bertz CT molecular complexity index is 1590. The van der Waals surface area contributed by atoms with Crippen molar-refractivity contribution in [2.24, 2.45) is 5.73 Å². The van der Waals surface area contributed by atoms with E-state index in [-0.39, 0.29) is 25.0 Å². The number of para-hydroxylation sites is 2. The highest BCUT2D eigenvalue weighted by Crippen LogP contribution is 2.57. The molecule has 260 valence electrons. The van der Waals surface area contributed by atoms with E-state index in [0.717, 1.165) is 11.1 Å². The highest BCUT2D eigenvalue weighted by molar-refractivity contribution is 8.05. The molecule has 0 aliphatic rings. The first-order valence-corrected chi connectivity index (χ1v) is 19.9. The second-order valence-corrected chi connectivity index (χ2v) is 16.5. The molecule has 0 aromatic heterocycles. The predicted molar refractivity (Wildman–Crippen MR) is 193 cm³/mol. The van der Waals surface area contributed by atoms with Gasteiger partial charge in [-0.2, -0.15) is 0 Å². The first-order chi connectivity index (χ1) is 22.2. The van der Waals surface area contributed by atoms with Gasteiger partial charge in [0.15, 0.2) is 0 Å². The number of nitrogens with two attached hydrogens (primary N) is 1. The lowest BCUT2D eigenvalue weighted by Crippen LogP contribution is -2.33. The monoisotopic (exact) mass is 778 g/mol. The molecule has 0 heterocycles. The van der Waals surface area contributed by atoms with Gasteiger partial charge in [0, 0.05) is 33.7 Å². The number of hydrogen-bond acceptors (Lipinski definition) is 9. The summed E-state index contributed by atoms with van der Waals surface area (Å²) in [6.45, 7) is -0.154. The van der Waals surface area contributed by atoms with Crippen LogP contribution in [0.2, 0.25) is 0 Å². The van der Waals surface area contributed by atoms with E-state index >= 15 is 0 Å². The standard InChI is InChI=1S/C16H17ClNO4P.C10H13NO2.C6H5Cl2O2P.ClH/c1-13(16(19)21-12-14-8-4-2-5-9-14)18-23(17,20)22-15-10-6-3-7-11-15;1-8(11)10(12)13-7-9-5-3-2-4-6-9;7-11(8,9)10-6-4-2-1-3-5-6;/h2-11,13H,12H2,1H3,(H,18,20);2-6,8H,7,11H2,1H3;1-5H;1H/t13-,23?;8-;;/m00../s1. The fourth-order valence-electron chi connectivity index (χ4n) is 3.25. The number of nitrogens with one attached hydrogen (secondary N) is 1. The molecular weight excluding hydrogens is 744 g/mol. The first kappa shape index (κ1) is 43.0. The Morgan fingerprint density at radius 3 is 1.38 bits per heavy atom. The van der Waals surface area contributed by atoms with Crippen molar-refractivity contribution in [1.82, 2.24) is 5.09 Å². The van der Waals surface area contributed by atoms with E-state index in [0.29, 0.717) is 18.1 Å². The van der Waals surface area contributed by atoms with Crippen LogP contribution in [-0.4, -0.2) is 24.0 Å². The summed E-state index contributed by atoms with van der Waals surface area (Å²) < 4.78 is 42.8. The number of halogens is 4. The number of benzene rings is 4. The highest BCUT2D eigenvalue weighted by Gasteiger charge is 2.28. The maximum absolute atomic E-state index is 12.2. The van der Waals surface area contributed by atoms with Crippen LogP contribution >= 0.6 is 59.1 Å². The molecule has 0 bridgehead atoms. The predicted octanol–water partition coefficient (Wildman–Crippen LogP) is 9.28. The Kier molecular flexibility index (Phi) is 20.2. The normalized spacial score (nSPS) is 12.8. The van der Waals surface area contributed by atoms with Crippen LogP contribution in [0.15, 0.2) is 121 Å². The summed E-state index contributed by atoms with van der Waals surface area (Å²) in [6.07, 6.45) is -3.44. The minimum Gasteiger partial charge on any atom is -0.460 e. The third-order valence-electron chi connectivity index (χ3n) is 5.44. The van der Waals surface area contributed by atoms with Gasteiger partial charge in [0.05, 0.1) is 0 Å². The van der Waals surface area contributed by atoms with E-state index in [1.807, 2.05) is 60.7 Å². The molecule has 1 unspecified atom stereocenters. The second kappa shape index (κ2) is 22.6. The van der Waals surface area contributed by atoms with E-state index in [1.165, 1.54) is 6.92 Å². The van der Waals surface area contributed by atoms with Crippen molar-refractivity contribution in [1.29, 1.82) is 0 Å². The maximum atomic E-state index is 12.2. The Morgan fingerprint density at radius 1 is 0.646 bits per heavy atom. The molecule has 0 amide bonds. The van der Waals surface area contributed by atoms with Gasteiger partial charge < -0.3 is 24.3 Å². The van der Waals surface area contributed by atoms with Crippen molar-refractivity contribution in [3.63, 3.8) is 0 Å². The molecule has 4 rings (SSSR count). The summed E-state index contributed by atoms with van der Waals surface area (Å²) in [4.78, 5) is 22.9. The molecule has 0 saturated heterocycles. The van der Waals surface area contributed by atoms with Crippen molar-refractivity contribution in [3.05, 3.63) is 132 Å². The molecule has 0 aliphatic heterocycles. The van der Waals surface area contributed by atoms with Crippen LogP contribution in [0, 0.1) is 0 Å². The van der Waals surface area contributed by atoms with Gasteiger partial charge in [-0.15, -0.1) is 12.4 Å². The molecule has 3 atom stereocenters. The lowest BCUT2D eigenvalue weighted by molar-refractivity contribution is -0.147. The molecule has 4 aromatic carbocycles. The minimum atomic E-state index is -3.70. The van der Waals surface area contributed by atoms with Crippen LogP contribution in [-0.2, 0) is 41.4 Å². The van der Waals surface area contributed by atoms with E-state index < -0.39 is 31.0 Å². The molecule has 0 spiro atoms. The van der Waals surface area contributed by atoms with Gasteiger partial charge >= 0.3 is 24.9 Å². The number of rotatable bonds is 12. The SMILES string of the molecule is C[C@H](N)C(=O)OCc1ccccc1.C[C@H](NP(=O)(Cl)Oc1ccccc1)C(=O)OCc1ccccc1.Cl.O=P(Cl)(Cl)Oc1ccccc1. The molecule has 10 nitrogen and oxygen atoms in total. The van der Waals surface area contributed by atoms with Crippen molar-refractivity contribution in [2.45, 2.75) is 39.1 Å². The smallest absolute Gasteiger partial charge is 0.428 e. The molecule has 48 heavy (non-hydrogen) atoms. The summed E-state index contributed by atoms with van der Waals surface area (Å²) in [7, 11) is 0. The zero-order valence-corrected chi connectivity index (χ0v) is 30.8. The fourth-order valence-corrected chi connectivity index (χ4v) is 5.78. The van der Waals surface area contributed by atoms with Gasteiger partial charge in [0.2, 0.25) is 0 Å². The van der Waals surface area contributed by atoms with E-state index in [2.05, 4.69) is 9.61 Å². The highest BCUT2D eigenvalue weighted by atomic mass is 35.9. The summed E-state index contributed by atoms with van der Waals surface area (Å²) >= 11 is 16.2. The fraction of sp³-hybridized carbons (Fsp3) is 0.188. The summed E-state index contributed by atoms with van der Waals surface area (Å²) in [6, 6.07) is 34.4. The third-order valence-corrected chi connectivity index (χ3v) is 7.92. The molecule has 0 fully saturated rings. The summed E-state index contributed by atoms with van der Waals surface area (Å²) in [5.41, 5.74) is 7.16. The second-order valence-electron chi connectivity index (χ2n) is 9.53. The maximum Gasteiger partial charge on any atom is 0.428 e. The molecule has 16 heteroatoms. The van der Waals surface area contributed by atoms with Crippen molar-refractivity contribution >= 4 is 71.0 Å². The molecule has 0 aliphatic carbocycles. The van der Waals surface area contributed by atoms with E-state index in [1.54, 1.807) is 67.6 Å². The first-order valence-electron chi connectivity index (χ1n) is 14.0. The third kappa shape index (κ3) is 19.7. The van der Waals surface area contributed by atoms with Crippen LogP contribution in [0.25, 0.3) is 0 Å². The van der Waals surface area contributed by atoms with Gasteiger partial charge in [-0.3, -0.25) is 9.59 Å². The zero-order valence-electron chi connectivity index (χ0n) is 25.9. The average molecular weight is 780 g/mol. The summed E-state index contributed by atoms with van der Waals surface area (Å²) in [5.74, 6) is -0.181. The lowest BCUT2D eigenvalue weighted by Gasteiger charge is -2.18. The van der Waals surface area contributed by atoms with E-state index in [9.17, 15) is 18.7 Å². The number of carbonyl (C=O) groups is 2. The van der Waals surface area contributed by atoms with Gasteiger partial charge in [0.25, 0.3) is 0 Å². The van der Waals surface area contributed by atoms with Gasteiger partial charge in [-0.25, -0.2) is 14.2 Å². The molecular formula is C32H36Cl4N2O8P2. The Labute approximate surface area is 300 Å². The number of esters is 2. The Hall–Kier alpha value is -3.04. The van der Waals surface area contributed by atoms with Crippen LogP contribution in [0.3, 0.4) is 0 Å². The average Bonchev–Trinajstić information content (AvgIpc) is 3.03. The Morgan fingerprint density at radius 2 is 1.00 bits per heavy atom. The van der Waals surface area contributed by atoms with Crippen molar-refractivity contribution < 1.29 is 37.2 Å². The van der Waals surface area contributed by atoms with Gasteiger partial charge in [-0.05, 0) is 49.2 Å². The van der Waals surface area contributed by atoms with Crippen LogP contribution < -0.4 is 19.9 Å². The Balaban J connectivity index is 0.000000391. The molecule has 3 N–H and O–H groups in total. The van der Waals surface area contributed by atoms with Crippen molar-refractivity contribution in [2.75, 3.05) is 0 Å². The van der Waals surface area contributed by atoms with Gasteiger partial charge in [0.1, 0.15) is 36.8 Å². The quantitative estimate of drug-likeness (QED) is 0.106. The van der Waals surface area contributed by atoms with E-state index in [4.69, 9.17) is 53.5 Å². The topological polar surface area (TPSA) is 143 Å². The number of hydrogen-bond donors (Lipinski definition) is 2. The largest absolute Gasteiger partial charge is 0.460 e. The molecule has 4 aromatic rings. The van der Waals surface area contributed by atoms with Crippen molar-refractivity contribution in [3.8, 4) is 11.5 Å². The van der Waals surface area contributed by atoms with Crippen LogP contribution in [0.5, 0.6) is 11.5 Å². The summed E-state index contributed by atoms with van der Waals surface area (Å²) in [5, 5.41) is 2.46. The van der Waals surface area contributed by atoms with Gasteiger partial charge in [-0.1, -0.05) is 97.1 Å². The van der Waals surface area contributed by atoms with Crippen LogP contribution in [0.4, 0.5) is 0 Å². The number of carbonyl (C=O) groups excluding carboxylic acids is 2. The zero-order chi connectivity index (χ0) is 34.7. The number of ether oxygens (including phenoxy) is 2.